The Balaban J connectivity index is 1.95. The van der Waals surface area contributed by atoms with Gasteiger partial charge in [-0.3, -0.25) is 0 Å². The fourth-order valence-corrected chi connectivity index (χ4v) is 1.51. The van der Waals surface area contributed by atoms with E-state index in [2.05, 4.69) is 5.32 Å². The zero-order chi connectivity index (χ0) is 7.40. The summed E-state index contributed by atoms with van der Waals surface area (Å²) in [4.78, 5) is 0. The van der Waals surface area contributed by atoms with Crippen molar-refractivity contribution in [1.29, 1.82) is 0 Å². The lowest BCUT2D eigenvalue weighted by Gasteiger charge is -2.31. The fraction of sp³-hybridized carbons (Fsp3) is 0.714. The number of rotatable bonds is 3. The third-order valence-electron chi connectivity index (χ3n) is 1.69. The van der Waals surface area contributed by atoms with E-state index in [0.29, 0.717) is 11.4 Å². The maximum absolute atomic E-state index is 5.77. The molecule has 0 aromatic heterocycles. The number of halogens is 2. The summed E-state index contributed by atoms with van der Waals surface area (Å²) >= 11 is 11.1. The Bertz CT molecular complexity index is 119. The van der Waals surface area contributed by atoms with Crippen molar-refractivity contribution in [2.75, 3.05) is 6.54 Å². The lowest BCUT2D eigenvalue weighted by molar-refractivity contribution is 0.359. The van der Waals surface area contributed by atoms with Gasteiger partial charge in [0.1, 0.15) is 0 Å². The molecule has 0 aromatic rings. The maximum atomic E-state index is 5.77. The zero-order valence-electron chi connectivity index (χ0n) is 5.69. The Morgan fingerprint density at radius 3 is 2.70 bits per heavy atom. The molecule has 1 N–H and O–H groups in total. The molecule has 0 spiro atoms. The second-order valence-corrected chi connectivity index (χ2v) is 3.40. The van der Waals surface area contributed by atoms with E-state index in [9.17, 15) is 0 Å². The molecule has 1 nitrogen and oxygen atoms in total. The van der Waals surface area contributed by atoms with Crippen LogP contribution in [0.2, 0.25) is 0 Å². The summed E-state index contributed by atoms with van der Waals surface area (Å²) in [7, 11) is 0. The van der Waals surface area contributed by atoms with Gasteiger partial charge >= 0.3 is 0 Å². The molecule has 1 rings (SSSR count). The first-order chi connectivity index (χ1) is 4.83. The van der Waals surface area contributed by atoms with E-state index in [4.69, 9.17) is 23.2 Å². The molecular weight excluding hydrogens is 169 g/mol. The minimum Gasteiger partial charge on any atom is -0.310 e. The lowest BCUT2D eigenvalue weighted by atomic mass is 9.92. The average Bonchev–Trinajstić information content (AvgIpc) is 1.85. The second kappa shape index (κ2) is 4.22. The minimum absolute atomic E-state index is 0.400. The van der Waals surface area contributed by atoms with Gasteiger partial charge in [-0.15, -0.1) is 11.6 Å². The van der Waals surface area contributed by atoms with Crippen molar-refractivity contribution in [2.45, 2.75) is 24.3 Å². The third kappa shape index (κ3) is 2.49. The number of hydrogen-bond donors (Lipinski definition) is 1. The molecule has 1 fully saturated rings. The number of hydrogen-bond acceptors (Lipinski definition) is 1. The molecule has 1 aliphatic rings. The molecule has 1 saturated carbocycles. The Hall–Kier alpha value is 0.280. The van der Waals surface area contributed by atoms with E-state index in [0.717, 1.165) is 19.4 Å². The quantitative estimate of drug-likeness (QED) is 0.655. The molecule has 3 heteroatoms. The molecule has 0 atom stereocenters. The molecule has 1 aliphatic carbocycles. The summed E-state index contributed by atoms with van der Waals surface area (Å²) in [5.41, 5.74) is 1.53. The van der Waals surface area contributed by atoms with Crippen molar-refractivity contribution >= 4 is 23.2 Å². The lowest BCUT2D eigenvalue weighted by Crippen LogP contribution is -2.41. The molecule has 0 bridgehead atoms. The Labute approximate surface area is 71.4 Å². The van der Waals surface area contributed by atoms with Gasteiger partial charge in [0.25, 0.3) is 0 Å². The first-order valence-corrected chi connectivity index (χ1v) is 4.33. The first-order valence-electron chi connectivity index (χ1n) is 3.45. The van der Waals surface area contributed by atoms with Crippen LogP contribution < -0.4 is 5.32 Å². The zero-order valence-corrected chi connectivity index (χ0v) is 7.20. The van der Waals surface area contributed by atoms with Crippen LogP contribution in [0.5, 0.6) is 0 Å². The second-order valence-electron chi connectivity index (χ2n) is 2.54. The Kier molecular flexibility index (Phi) is 3.53. The van der Waals surface area contributed by atoms with Crippen molar-refractivity contribution in [3.8, 4) is 0 Å². The standard InChI is InChI=1S/C7H11Cl2N/c8-2-1-3-10-7-4-6(9)5-7/h1-2,6-7,10H,3-5H2/b2-1+. The molecule has 0 aromatic carbocycles. The van der Waals surface area contributed by atoms with E-state index in [1.807, 2.05) is 6.08 Å². The molecule has 58 valence electrons. The first kappa shape index (κ1) is 8.38. The van der Waals surface area contributed by atoms with E-state index < -0.39 is 0 Å². The fourth-order valence-electron chi connectivity index (χ4n) is 0.994. The number of nitrogens with one attached hydrogen (secondary N) is 1. The highest BCUT2D eigenvalue weighted by molar-refractivity contribution is 6.25. The van der Waals surface area contributed by atoms with Gasteiger partial charge in [-0.1, -0.05) is 17.7 Å². The summed E-state index contributed by atoms with van der Waals surface area (Å²) in [5, 5.41) is 3.70. The van der Waals surface area contributed by atoms with Crippen molar-refractivity contribution in [3.05, 3.63) is 11.6 Å². The molecule has 0 unspecified atom stereocenters. The Morgan fingerprint density at radius 1 is 1.50 bits per heavy atom. The van der Waals surface area contributed by atoms with Crippen LogP contribution >= 0.6 is 23.2 Å². The van der Waals surface area contributed by atoms with Gasteiger partial charge < -0.3 is 5.32 Å². The topological polar surface area (TPSA) is 12.0 Å². The van der Waals surface area contributed by atoms with E-state index >= 15 is 0 Å². The predicted octanol–water partition coefficient (Wildman–Crippen LogP) is 2.10. The summed E-state index contributed by atoms with van der Waals surface area (Å²) in [6.45, 7) is 0.859. The maximum Gasteiger partial charge on any atom is 0.0365 e. The van der Waals surface area contributed by atoms with E-state index in [1.54, 1.807) is 0 Å². The molecule has 0 saturated heterocycles. The molecule has 0 amide bonds. The monoisotopic (exact) mass is 179 g/mol. The van der Waals surface area contributed by atoms with Crippen LogP contribution in [0.15, 0.2) is 11.6 Å². The van der Waals surface area contributed by atoms with Gasteiger partial charge in [0.15, 0.2) is 0 Å². The van der Waals surface area contributed by atoms with Crippen LogP contribution in [0.1, 0.15) is 12.8 Å². The van der Waals surface area contributed by atoms with Crippen molar-refractivity contribution in [3.63, 3.8) is 0 Å². The van der Waals surface area contributed by atoms with Crippen LogP contribution in [0.4, 0.5) is 0 Å². The molecule has 0 heterocycles. The van der Waals surface area contributed by atoms with Crippen molar-refractivity contribution in [1.82, 2.24) is 5.32 Å². The summed E-state index contributed by atoms with van der Waals surface area (Å²) < 4.78 is 0. The van der Waals surface area contributed by atoms with Gasteiger partial charge in [-0.25, -0.2) is 0 Å². The van der Waals surface area contributed by atoms with Crippen LogP contribution in [0, 0.1) is 0 Å². The summed E-state index contributed by atoms with van der Waals surface area (Å²) in [6.07, 6.45) is 4.08. The minimum atomic E-state index is 0.400. The average molecular weight is 180 g/mol. The van der Waals surface area contributed by atoms with E-state index in [1.165, 1.54) is 5.54 Å². The van der Waals surface area contributed by atoms with Crippen LogP contribution in [-0.4, -0.2) is 18.0 Å². The van der Waals surface area contributed by atoms with Crippen LogP contribution in [0.25, 0.3) is 0 Å². The predicted molar refractivity (Wildman–Crippen MR) is 45.7 cm³/mol. The smallest absolute Gasteiger partial charge is 0.0365 e. The number of alkyl halides is 1. The van der Waals surface area contributed by atoms with Gasteiger partial charge in [-0.2, -0.15) is 0 Å². The largest absolute Gasteiger partial charge is 0.310 e. The molecular formula is C7H11Cl2N. The van der Waals surface area contributed by atoms with Crippen molar-refractivity contribution < 1.29 is 0 Å². The molecule has 10 heavy (non-hydrogen) atoms. The SMILES string of the molecule is Cl/C=C/CNC1CC(Cl)C1. The van der Waals surface area contributed by atoms with Crippen LogP contribution in [-0.2, 0) is 0 Å². The van der Waals surface area contributed by atoms with E-state index in [-0.39, 0.29) is 0 Å². The molecule has 0 radical (unpaired) electrons. The highest BCUT2D eigenvalue weighted by Crippen LogP contribution is 2.24. The highest BCUT2D eigenvalue weighted by Gasteiger charge is 2.25. The molecule has 0 aliphatic heterocycles. The Morgan fingerprint density at radius 2 is 2.20 bits per heavy atom. The third-order valence-corrected chi connectivity index (χ3v) is 2.23. The van der Waals surface area contributed by atoms with Gasteiger partial charge in [-0.05, 0) is 12.8 Å². The summed E-state index contributed by atoms with van der Waals surface area (Å²) in [5.74, 6) is 0. The van der Waals surface area contributed by atoms with Gasteiger partial charge in [0.2, 0.25) is 0 Å². The highest BCUT2D eigenvalue weighted by atomic mass is 35.5. The summed E-state index contributed by atoms with van der Waals surface area (Å²) in [6, 6.07) is 0.621. The van der Waals surface area contributed by atoms with Crippen LogP contribution in [0.3, 0.4) is 0 Å². The van der Waals surface area contributed by atoms with Gasteiger partial charge in [0.05, 0.1) is 0 Å². The van der Waals surface area contributed by atoms with Crippen molar-refractivity contribution in [2.24, 2.45) is 0 Å². The van der Waals surface area contributed by atoms with Gasteiger partial charge in [0, 0.05) is 23.5 Å². The normalized spacial score (nSPS) is 32.6.